The summed E-state index contributed by atoms with van der Waals surface area (Å²) in [5, 5.41) is 7.19. The Bertz CT molecular complexity index is 563. The molecule has 2 aromatic heterocycles. The summed E-state index contributed by atoms with van der Waals surface area (Å²) in [6.07, 6.45) is 3.52. The fourth-order valence-electron chi connectivity index (χ4n) is 1.97. The van der Waals surface area contributed by atoms with Gasteiger partial charge in [0.05, 0.1) is 0 Å². The summed E-state index contributed by atoms with van der Waals surface area (Å²) in [5.41, 5.74) is 1.02. The van der Waals surface area contributed by atoms with E-state index in [2.05, 4.69) is 40.5 Å². The van der Waals surface area contributed by atoms with Crippen molar-refractivity contribution in [1.82, 2.24) is 19.7 Å². The zero-order valence-corrected chi connectivity index (χ0v) is 11.8. The van der Waals surface area contributed by atoms with Crippen molar-refractivity contribution in [2.45, 2.75) is 39.2 Å². The minimum Gasteiger partial charge on any atom is -0.299 e. The van der Waals surface area contributed by atoms with Crippen LogP contribution in [0.3, 0.4) is 0 Å². The van der Waals surface area contributed by atoms with Gasteiger partial charge < -0.3 is 0 Å². The fraction of sp³-hybridized carbons (Fsp3) is 0.462. The molecule has 2 heterocycles. The van der Waals surface area contributed by atoms with Gasteiger partial charge in [0, 0.05) is 23.9 Å². The third-order valence-electron chi connectivity index (χ3n) is 2.74. The third-order valence-corrected chi connectivity index (χ3v) is 3.02. The Labute approximate surface area is 112 Å². The molecule has 0 amide bonds. The van der Waals surface area contributed by atoms with Gasteiger partial charge in [0.15, 0.2) is 4.77 Å². The normalized spacial score (nSPS) is 11.7. The van der Waals surface area contributed by atoms with Crippen molar-refractivity contribution in [2.75, 3.05) is 0 Å². The Morgan fingerprint density at radius 3 is 2.67 bits per heavy atom. The first kappa shape index (κ1) is 13.0. The highest BCUT2D eigenvalue weighted by Crippen LogP contribution is 2.17. The quantitative estimate of drug-likeness (QED) is 0.865. The minimum absolute atomic E-state index is 0.0521. The van der Waals surface area contributed by atoms with Crippen LogP contribution in [0.4, 0.5) is 0 Å². The fourth-order valence-corrected chi connectivity index (χ4v) is 2.40. The number of hydrogen-bond acceptors (Lipinski definition) is 3. The average molecular weight is 262 g/mol. The standard InChI is InChI=1S/C13H18N4S/c1-13(2,3)17-11(15-16-12(17)18)8-7-10-6-4-5-9-14-10/h4-6,9H,7-8H2,1-3H3,(H,16,18). The maximum atomic E-state index is 5.28. The van der Waals surface area contributed by atoms with Crippen molar-refractivity contribution in [1.29, 1.82) is 0 Å². The van der Waals surface area contributed by atoms with Crippen molar-refractivity contribution in [3.63, 3.8) is 0 Å². The molecule has 2 aromatic rings. The van der Waals surface area contributed by atoms with Gasteiger partial charge in [-0.05, 0) is 51.5 Å². The SMILES string of the molecule is CC(C)(C)n1c(CCc2ccccn2)n[nH]c1=S. The van der Waals surface area contributed by atoms with E-state index < -0.39 is 0 Å². The molecule has 0 aliphatic rings. The first-order valence-electron chi connectivity index (χ1n) is 6.05. The molecular formula is C13H18N4S. The van der Waals surface area contributed by atoms with Crippen LogP contribution in [0.25, 0.3) is 0 Å². The van der Waals surface area contributed by atoms with E-state index in [9.17, 15) is 0 Å². The van der Waals surface area contributed by atoms with Crippen LogP contribution in [0.5, 0.6) is 0 Å². The van der Waals surface area contributed by atoms with Crippen LogP contribution >= 0.6 is 12.2 Å². The predicted octanol–water partition coefficient (Wildman–Crippen LogP) is 2.88. The Morgan fingerprint density at radius 1 is 1.28 bits per heavy atom. The number of aromatic amines is 1. The maximum Gasteiger partial charge on any atom is 0.195 e. The van der Waals surface area contributed by atoms with Crippen molar-refractivity contribution in [3.8, 4) is 0 Å². The topological polar surface area (TPSA) is 46.5 Å². The molecule has 1 N–H and O–H groups in total. The zero-order chi connectivity index (χ0) is 13.2. The molecule has 0 fully saturated rings. The van der Waals surface area contributed by atoms with E-state index in [4.69, 9.17) is 12.2 Å². The Kier molecular flexibility index (Phi) is 3.61. The highest BCUT2D eigenvalue weighted by molar-refractivity contribution is 7.71. The predicted molar refractivity (Wildman–Crippen MR) is 74.1 cm³/mol. The number of H-pyrrole nitrogens is 1. The van der Waals surface area contributed by atoms with Crippen LogP contribution in [0, 0.1) is 4.77 Å². The van der Waals surface area contributed by atoms with Crippen LogP contribution in [0.1, 0.15) is 32.3 Å². The van der Waals surface area contributed by atoms with Crippen LogP contribution in [-0.2, 0) is 18.4 Å². The molecule has 0 aliphatic carbocycles. The molecule has 0 spiro atoms. The summed E-state index contributed by atoms with van der Waals surface area (Å²) in [6.45, 7) is 6.38. The van der Waals surface area contributed by atoms with E-state index in [0.717, 1.165) is 24.4 Å². The van der Waals surface area contributed by atoms with Gasteiger partial charge in [0.2, 0.25) is 0 Å². The number of aryl methyl sites for hydroxylation is 2. The van der Waals surface area contributed by atoms with Gasteiger partial charge in [-0.25, -0.2) is 0 Å². The summed E-state index contributed by atoms with van der Waals surface area (Å²) in [6, 6.07) is 5.96. The maximum absolute atomic E-state index is 5.28. The molecule has 5 heteroatoms. The van der Waals surface area contributed by atoms with Gasteiger partial charge in [-0.2, -0.15) is 5.10 Å². The Hall–Kier alpha value is -1.49. The van der Waals surface area contributed by atoms with E-state index >= 15 is 0 Å². The molecule has 18 heavy (non-hydrogen) atoms. The largest absolute Gasteiger partial charge is 0.299 e. The van der Waals surface area contributed by atoms with Crippen molar-refractivity contribution >= 4 is 12.2 Å². The smallest absolute Gasteiger partial charge is 0.195 e. The van der Waals surface area contributed by atoms with Crippen LogP contribution < -0.4 is 0 Å². The lowest BCUT2D eigenvalue weighted by atomic mass is 10.1. The van der Waals surface area contributed by atoms with Gasteiger partial charge >= 0.3 is 0 Å². The van der Waals surface area contributed by atoms with E-state index in [0.29, 0.717) is 4.77 Å². The average Bonchev–Trinajstić information content (AvgIpc) is 2.69. The second kappa shape index (κ2) is 5.02. The molecule has 0 aliphatic heterocycles. The summed E-state index contributed by atoms with van der Waals surface area (Å²) >= 11 is 5.28. The third kappa shape index (κ3) is 2.85. The number of hydrogen-bond donors (Lipinski definition) is 1. The number of aromatic nitrogens is 4. The highest BCUT2D eigenvalue weighted by atomic mass is 32.1. The van der Waals surface area contributed by atoms with Gasteiger partial charge in [-0.15, -0.1) is 0 Å². The molecule has 0 saturated heterocycles. The van der Waals surface area contributed by atoms with Gasteiger partial charge in [-0.1, -0.05) is 6.07 Å². The van der Waals surface area contributed by atoms with Gasteiger partial charge in [0.25, 0.3) is 0 Å². The van der Waals surface area contributed by atoms with Gasteiger partial charge in [0.1, 0.15) is 5.82 Å². The summed E-state index contributed by atoms with van der Waals surface area (Å²) in [4.78, 5) is 4.32. The molecule has 96 valence electrons. The second-order valence-corrected chi connectivity index (χ2v) is 5.66. The highest BCUT2D eigenvalue weighted by Gasteiger charge is 2.19. The van der Waals surface area contributed by atoms with Crippen LogP contribution in [-0.4, -0.2) is 19.7 Å². The van der Waals surface area contributed by atoms with Crippen LogP contribution in [0.2, 0.25) is 0 Å². The molecule has 0 bridgehead atoms. The molecule has 0 atom stereocenters. The van der Waals surface area contributed by atoms with Crippen LogP contribution in [0.15, 0.2) is 24.4 Å². The van der Waals surface area contributed by atoms with E-state index in [1.807, 2.05) is 24.4 Å². The number of nitrogens with zero attached hydrogens (tertiary/aromatic N) is 3. The molecule has 0 radical (unpaired) electrons. The van der Waals surface area contributed by atoms with Gasteiger partial charge in [-0.3, -0.25) is 14.6 Å². The molecule has 2 rings (SSSR count). The summed E-state index contributed by atoms with van der Waals surface area (Å²) < 4.78 is 2.75. The Balaban J connectivity index is 2.18. The molecule has 0 unspecified atom stereocenters. The first-order chi connectivity index (χ1) is 8.48. The van der Waals surface area contributed by atoms with Crippen molar-refractivity contribution in [3.05, 3.63) is 40.7 Å². The summed E-state index contributed by atoms with van der Waals surface area (Å²) in [7, 11) is 0. The minimum atomic E-state index is -0.0521. The molecule has 0 saturated carbocycles. The second-order valence-electron chi connectivity index (χ2n) is 5.27. The molecular weight excluding hydrogens is 244 g/mol. The molecule has 4 nitrogen and oxygen atoms in total. The monoisotopic (exact) mass is 262 g/mol. The molecule has 0 aromatic carbocycles. The summed E-state index contributed by atoms with van der Waals surface area (Å²) in [5.74, 6) is 0.984. The van der Waals surface area contributed by atoms with E-state index in [1.165, 1.54) is 0 Å². The number of rotatable bonds is 3. The lowest BCUT2D eigenvalue weighted by Gasteiger charge is -2.22. The lowest BCUT2D eigenvalue weighted by Crippen LogP contribution is -2.24. The number of nitrogens with one attached hydrogen (secondary N) is 1. The lowest BCUT2D eigenvalue weighted by molar-refractivity contribution is 0.377. The van der Waals surface area contributed by atoms with E-state index in [-0.39, 0.29) is 5.54 Å². The van der Waals surface area contributed by atoms with Crippen molar-refractivity contribution < 1.29 is 0 Å². The zero-order valence-electron chi connectivity index (χ0n) is 11.0. The first-order valence-corrected chi connectivity index (χ1v) is 6.46. The van der Waals surface area contributed by atoms with Crippen molar-refractivity contribution in [2.24, 2.45) is 0 Å². The van der Waals surface area contributed by atoms with E-state index in [1.54, 1.807) is 0 Å². The Morgan fingerprint density at radius 2 is 2.06 bits per heavy atom. The number of pyridine rings is 1.